The van der Waals surface area contributed by atoms with Crippen LogP contribution >= 0.6 is 11.3 Å². The standard InChI is InChI=1S/C17H15FN2O4S2/c18-14-7-5-12(6-8-14)16-20-15(10-25-16)26(23,24)19-9-11-1-3-13(4-2-11)17(21)22/h5-8,10-11,13H,1-4H2/p+1. The molecule has 1 N–H and O–H groups in total. The largest absolute Gasteiger partial charge is 0.529 e. The summed E-state index contributed by atoms with van der Waals surface area (Å²) in [7, 11) is -3.96. The average molecular weight is 395 g/mol. The molecule has 3 rings (SSSR count). The molecule has 0 bridgehead atoms. The molecule has 6 nitrogen and oxygen atoms in total. The summed E-state index contributed by atoms with van der Waals surface area (Å²) in [6.45, 7) is 0. The van der Waals surface area contributed by atoms with Crippen molar-refractivity contribution in [1.82, 2.24) is 4.98 Å². The normalized spacial score (nSPS) is 20.2. The van der Waals surface area contributed by atoms with Gasteiger partial charge in [-0.2, -0.15) is 0 Å². The first-order chi connectivity index (χ1) is 12.3. The van der Waals surface area contributed by atoms with Gasteiger partial charge in [0.25, 0.3) is 5.03 Å². The maximum Gasteiger partial charge on any atom is 0.529 e. The number of hydrogen-bond acceptors (Lipinski definition) is 5. The number of aliphatic carboxylic acids is 1. The molecule has 0 atom stereocenters. The molecule has 1 saturated carbocycles. The van der Waals surface area contributed by atoms with Gasteiger partial charge in [-0.3, -0.25) is 4.79 Å². The van der Waals surface area contributed by atoms with E-state index >= 15 is 0 Å². The Hall–Kier alpha value is -2.31. The molecule has 1 aromatic carbocycles. The Morgan fingerprint density at radius 2 is 1.88 bits per heavy atom. The van der Waals surface area contributed by atoms with Crippen molar-refractivity contribution in [2.75, 3.05) is 0 Å². The molecule has 0 saturated heterocycles. The van der Waals surface area contributed by atoms with Crippen LogP contribution in [0.2, 0.25) is 0 Å². The van der Waals surface area contributed by atoms with Crippen molar-refractivity contribution in [2.24, 2.45) is 11.8 Å². The summed E-state index contributed by atoms with van der Waals surface area (Å²) < 4.78 is 41.2. The van der Waals surface area contributed by atoms with Gasteiger partial charge in [-0.05, 0) is 49.9 Å². The third-order valence-corrected chi connectivity index (χ3v) is 6.39. The van der Waals surface area contributed by atoms with Crippen molar-refractivity contribution in [1.29, 1.82) is 0 Å². The van der Waals surface area contributed by atoms with Crippen molar-refractivity contribution >= 4 is 27.3 Å². The Bertz CT molecular complexity index is 966. The second-order valence-electron chi connectivity index (χ2n) is 6.08. The number of rotatable bonds is 3. The summed E-state index contributed by atoms with van der Waals surface area (Å²) in [5.74, 6) is -1.74. The Labute approximate surface area is 154 Å². The van der Waals surface area contributed by atoms with Crippen LogP contribution in [-0.2, 0) is 14.8 Å². The molecule has 1 heterocycles. The Kier molecular flexibility index (Phi) is 5.34. The van der Waals surface area contributed by atoms with Crippen LogP contribution < -0.4 is 0 Å². The minimum absolute atomic E-state index is 0.171. The number of benzene rings is 1. The van der Waals surface area contributed by atoms with Crippen molar-refractivity contribution in [3.63, 3.8) is 0 Å². The highest BCUT2D eigenvalue weighted by Gasteiger charge is 2.31. The smallest absolute Gasteiger partial charge is 0.481 e. The van der Waals surface area contributed by atoms with Crippen LogP contribution in [0.3, 0.4) is 0 Å². The van der Waals surface area contributed by atoms with Crippen molar-refractivity contribution < 1.29 is 22.7 Å². The number of nitrogens with zero attached hydrogens (tertiary/aromatic N) is 2. The van der Waals surface area contributed by atoms with Gasteiger partial charge < -0.3 is 5.11 Å². The molecule has 136 valence electrons. The molecule has 9 heteroatoms. The summed E-state index contributed by atoms with van der Waals surface area (Å²) in [5, 5.41) is 10.7. The monoisotopic (exact) mass is 395 g/mol. The van der Waals surface area contributed by atoms with E-state index in [1.54, 1.807) is 0 Å². The SMILES string of the molecule is O=C(O)C1CCC(C#[N+]S(=O)(=O)c2csc(-c3ccc(F)cc3)n2)CC1. The van der Waals surface area contributed by atoms with Crippen molar-refractivity contribution in [3.05, 3.63) is 39.7 Å². The van der Waals surface area contributed by atoms with Gasteiger partial charge in [0, 0.05) is 10.9 Å². The molecule has 1 aliphatic carbocycles. The maximum absolute atomic E-state index is 13.0. The zero-order valence-corrected chi connectivity index (χ0v) is 15.3. The van der Waals surface area contributed by atoms with Crippen LogP contribution in [-0.4, -0.2) is 24.5 Å². The van der Waals surface area contributed by atoms with E-state index in [2.05, 4.69) is 15.3 Å². The number of carboxylic acid groups (broad SMARTS) is 1. The first kappa shape index (κ1) is 18.5. The second-order valence-corrected chi connectivity index (χ2v) is 8.49. The Morgan fingerprint density at radius 1 is 1.23 bits per heavy atom. The molecule has 0 amide bonds. The molecular formula is C17H16FN2O4S2+. The minimum atomic E-state index is -3.96. The number of thiazole rings is 1. The Morgan fingerprint density at radius 3 is 2.50 bits per heavy atom. The lowest BCUT2D eigenvalue weighted by Gasteiger charge is -2.19. The van der Waals surface area contributed by atoms with E-state index in [1.807, 2.05) is 0 Å². The Balaban J connectivity index is 1.72. The fraction of sp³-hybridized carbons (Fsp3) is 0.353. The van der Waals surface area contributed by atoms with E-state index in [0.717, 1.165) is 11.3 Å². The zero-order chi connectivity index (χ0) is 18.7. The molecule has 0 unspecified atom stereocenters. The topological polar surface area (TPSA) is 88.7 Å². The van der Waals surface area contributed by atoms with Crippen LogP contribution in [0.5, 0.6) is 0 Å². The maximum atomic E-state index is 13.0. The van der Waals surface area contributed by atoms with E-state index < -0.39 is 16.0 Å². The number of halogens is 1. The average Bonchev–Trinajstić information content (AvgIpc) is 3.12. The van der Waals surface area contributed by atoms with E-state index in [9.17, 15) is 17.6 Å². The third kappa shape index (κ3) is 4.26. The van der Waals surface area contributed by atoms with Crippen molar-refractivity contribution in [3.8, 4) is 16.6 Å². The van der Waals surface area contributed by atoms with Gasteiger partial charge in [0.1, 0.15) is 10.8 Å². The lowest BCUT2D eigenvalue weighted by molar-refractivity contribution is -0.142. The molecular weight excluding hydrogens is 379 g/mol. The molecule has 0 aliphatic heterocycles. The molecule has 0 spiro atoms. The van der Waals surface area contributed by atoms with Gasteiger partial charge in [0.15, 0.2) is 0 Å². The summed E-state index contributed by atoms with van der Waals surface area (Å²) in [5.41, 5.74) is 0.623. The van der Waals surface area contributed by atoms with Gasteiger partial charge in [-0.1, -0.05) is 0 Å². The number of hydrogen-bond donors (Lipinski definition) is 1. The number of aromatic nitrogens is 1. The molecule has 1 aliphatic rings. The zero-order valence-electron chi connectivity index (χ0n) is 13.6. The molecule has 0 radical (unpaired) electrons. The quantitative estimate of drug-likeness (QED) is 0.852. The fourth-order valence-corrected chi connectivity index (χ4v) is 4.73. The van der Waals surface area contributed by atoms with Gasteiger partial charge in [-0.15, -0.1) is 19.8 Å². The number of carboxylic acids is 1. The lowest BCUT2D eigenvalue weighted by Crippen LogP contribution is -2.20. The van der Waals surface area contributed by atoms with Gasteiger partial charge in [0.05, 0.1) is 16.1 Å². The second kappa shape index (κ2) is 7.51. The minimum Gasteiger partial charge on any atom is -0.481 e. The van der Waals surface area contributed by atoms with Gasteiger partial charge in [-0.25, -0.2) is 9.37 Å². The summed E-state index contributed by atoms with van der Waals surface area (Å²) >= 11 is 1.13. The predicted octanol–water partition coefficient (Wildman–Crippen LogP) is 3.86. The van der Waals surface area contributed by atoms with Crippen LogP contribution in [0.15, 0.2) is 34.7 Å². The highest BCUT2D eigenvalue weighted by Crippen LogP contribution is 2.30. The molecule has 1 aromatic heterocycles. The molecule has 26 heavy (non-hydrogen) atoms. The van der Waals surface area contributed by atoms with Crippen LogP contribution in [0.1, 0.15) is 25.7 Å². The first-order valence-corrected chi connectivity index (χ1v) is 10.3. The molecule has 2 aromatic rings. The third-order valence-electron chi connectivity index (χ3n) is 4.27. The predicted molar refractivity (Wildman–Crippen MR) is 95.0 cm³/mol. The fourth-order valence-electron chi connectivity index (χ4n) is 2.76. The first-order valence-electron chi connectivity index (χ1n) is 8.02. The number of carbonyl (C=O) groups is 1. The summed E-state index contributed by atoms with van der Waals surface area (Å²) in [6, 6.07) is 8.26. The summed E-state index contributed by atoms with van der Waals surface area (Å²) in [4.78, 5) is 15.0. The number of sulfonamides is 1. The van der Waals surface area contributed by atoms with E-state index in [1.165, 1.54) is 29.6 Å². The molecule has 1 fully saturated rings. The van der Waals surface area contributed by atoms with E-state index in [0.29, 0.717) is 36.3 Å². The van der Waals surface area contributed by atoms with Gasteiger partial charge in [0.2, 0.25) is 0 Å². The van der Waals surface area contributed by atoms with Crippen LogP contribution in [0.4, 0.5) is 4.39 Å². The van der Waals surface area contributed by atoms with Crippen LogP contribution in [0, 0.1) is 23.7 Å². The van der Waals surface area contributed by atoms with E-state index in [4.69, 9.17) is 5.11 Å². The van der Waals surface area contributed by atoms with Crippen molar-refractivity contribution in [2.45, 2.75) is 30.7 Å². The van der Waals surface area contributed by atoms with Crippen LogP contribution in [0.25, 0.3) is 14.8 Å². The highest BCUT2D eigenvalue weighted by atomic mass is 32.2. The van der Waals surface area contributed by atoms with E-state index in [-0.39, 0.29) is 22.7 Å². The highest BCUT2D eigenvalue weighted by molar-refractivity contribution is 7.93. The lowest BCUT2D eigenvalue weighted by atomic mass is 9.83. The van der Waals surface area contributed by atoms with Gasteiger partial charge >= 0.3 is 22.1 Å². The summed E-state index contributed by atoms with van der Waals surface area (Å²) in [6.07, 6.45) is 2.09.